The van der Waals surface area contributed by atoms with Crippen molar-refractivity contribution >= 4 is 47.0 Å². The molecule has 0 bridgehead atoms. The number of nitrogens with one attached hydrogen (secondary N) is 1. The Hall–Kier alpha value is -3.32. The first-order valence-electron chi connectivity index (χ1n) is 10.5. The lowest BCUT2D eigenvalue weighted by Gasteiger charge is -2.37. The summed E-state index contributed by atoms with van der Waals surface area (Å²) in [5.41, 5.74) is -5.07. The molecule has 3 amide bonds. The van der Waals surface area contributed by atoms with Crippen LogP contribution in [0.5, 0.6) is 5.75 Å². The maximum atomic E-state index is 13.8. The third-order valence-electron chi connectivity index (χ3n) is 4.69. The maximum absolute atomic E-state index is 13.8. The van der Waals surface area contributed by atoms with Crippen molar-refractivity contribution in [3.63, 3.8) is 0 Å². The van der Waals surface area contributed by atoms with Crippen LogP contribution in [0.25, 0.3) is 0 Å². The minimum atomic E-state index is -5.46. The van der Waals surface area contributed by atoms with Crippen molar-refractivity contribution in [1.29, 1.82) is 0 Å². The van der Waals surface area contributed by atoms with Crippen molar-refractivity contribution in [1.82, 2.24) is 5.32 Å². The van der Waals surface area contributed by atoms with Gasteiger partial charge in [-0.15, -0.1) is 0 Å². The van der Waals surface area contributed by atoms with Crippen LogP contribution < -0.4 is 19.9 Å². The third-order valence-corrected chi connectivity index (χ3v) is 4.69. The van der Waals surface area contributed by atoms with Gasteiger partial charge in [-0.05, 0) is 36.4 Å². The number of carbonyl (C=O) groups excluding carboxylic acids is 2. The van der Waals surface area contributed by atoms with Gasteiger partial charge in [-0.2, -0.15) is 26.3 Å². The van der Waals surface area contributed by atoms with E-state index in [1.165, 1.54) is 0 Å². The lowest BCUT2D eigenvalue weighted by Crippen LogP contribution is -2.55. The molecule has 0 aromatic heterocycles. The van der Waals surface area contributed by atoms with Crippen LogP contribution in [0.2, 0.25) is 0 Å². The van der Waals surface area contributed by atoms with Gasteiger partial charge >= 0.3 is 24.5 Å². The summed E-state index contributed by atoms with van der Waals surface area (Å²) in [6.45, 7) is 3.56. The largest absolute Gasteiger partial charge is 0.420 e. The highest BCUT2D eigenvalue weighted by Gasteiger charge is 2.43. The van der Waals surface area contributed by atoms with Crippen LogP contribution in [-0.2, 0) is 12.4 Å². The zero-order chi connectivity index (χ0) is 28.3. The molecule has 1 aliphatic heterocycles. The lowest BCUT2D eigenvalue weighted by molar-refractivity contribution is -0.143. The first kappa shape index (κ1) is 29.9. The van der Waals surface area contributed by atoms with Crippen LogP contribution in [0, 0.1) is 5.82 Å². The fourth-order valence-corrected chi connectivity index (χ4v) is 3.21. The Kier molecular flexibility index (Phi) is 8.87. The molecule has 192 valence electrons. The van der Waals surface area contributed by atoms with Gasteiger partial charge < -0.3 is 10.1 Å². The number of alkyl halides is 6. The lowest BCUT2D eigenvalue weighted by atomic mass is 9.48. The van der Waals surface area contributed by atoms with Crippen LogP contribution >= 0.6 is 0 Å². The van der Waals surface area contributed by atoms with E-state index in [-0.39, 0.29) is 35.8 Å². The number of rotatable bonds is 4. The Morgan fingerprint density at radius 2 is 1.57 bits per heavy atom. The molecule has 0 spiro atoms. The van der Waals surface area contributed by atoms with Crippen LogP contribution in [-0.4, -0.2) is 54.0 Å². The second-order valence-electron chi connectivity index (χ2n) is 7.32. The Bertz CT molecular complexity index is 1140. The summed E-state index contributed by atoms with van der Waals surface area (Å²) < 4.78 is 99.7. The van der Waals surface area contributed by atoms with Gasteiger partial charge in [0, 0.05) is 18.8 Å². The molecule has 3 rings (SSSR count). The van der Waals surface area contributed by atoms with E-state index in [0.717, 1.165) is 24.3 Å². The maximum Gasteiger partial charge on any atom is 0.420 e. The monoisotopic (exact) mass is 525 g/mol. The molecule has 16 heteroatoms. The topological polar surface area (TPSA) is 61.9 Å². The van der Waals surface area contributed by atoms with E-state index < -0.39 is 58.1 Å². The molecule has 2 aromatic carbocycles. The second kappa shape index (κ2) is 11.0. The standard InChI is InChI=1S/C19H11B3F7N3O3.C2H6/c20-19(21,22)32(11-3-1-10(23)2-4-11)16(34)35-14-12(18(27,28)29)7-9(17(24,25)26)8-13(14)31-6-5-30-15(31)33;1-2/h1-4,7-8H,5-6H2,(H,30,33);1-2H3. The third kappa shape index (κ3) is 6.92. The smallest absolute Gasteiger partial charge is 0.407 e. The van der Waals surface area contributed by atoms with Crippen molar-refractivity contribution in [2.24, 2.45) is 0 Å². The first-order chi connectivity index (χ1) is 17.0. The van der Waals surface area contributed by atoms with Crippen LogP contribution in [0.4, 0.5) is 51.7 Å². The molecule has 6 nitrogen and oxygen atoms in total. The Balaban J connectivity index is 0.00000235. The molecule has 0 saturated carbocycles. The van der Waals surface area contributed by atoms with Crippen LogP contribution in [0.1, 0.15) is 25.0 Å². The van der Waals surface area contributed by atoms with E-state index >= 15 is 0 Å². The second-order valence-corrected chi connectivity index (χ2v) is 7.32. The number of anilines is 2. The summed E-state index contributed by atoms with van der Waals surface area (Å²) in [6, 6.07) is 2.51. The number of halogens is 7. The molecule has 0 aliphatic carbocycles. The first-order valence-corrected chi connectivity index (χ1v) is 10.5. The van der Waals surface area contributed by atoms with E-state index in [9.17, 15) is 40.3 Å². The molecule has 2 aromatic rings. The van der Waals surface area contributed by atoms with Crippen LogP contribution in [0.15, 0.2) is 36.4 Å². The predicted octanol–water partition coefficient (Wildman–Crippen LogP) is 4.54. The van der Waals surface area contributed by atoms with Gasteiger partial charge in [0.2, 0.25) is 0 Å². The fourth-order valence-electron chi connectivity index (χ4n) is 3.21. The summed E-state index contributed by atoms with van der Waals surface area (Å²) in [5.74, 6) is -2.19. The van der Waals surface area contributed by atoms with Gasteiger partial charge in [0.15, 0.2) is 5.75 Å². The number of nitrogens with zero attached hydrogens (tertiary/aromatic N) is 2. The molecule has 1 saturated heterocycles. The average Bonchev–Trinajstić information content (AvgIpc) is 3.20. The van der Waals surface area contributed by atoms with Gasteiger partial charge in [0.05, 0.1) is 34.8 Å². The van der Waals surface area contributed by atoms with Gasteiger partial charge in [-0.3, -0.25) is 9.80 Å². The SMILES string of the molecule is CC.[B]C([B])([B])N(C(=O)Oc1c(N2CCNC2=O)cc(C(F)(F)F)cc1C(F)(F)F)c1ccc(F)cc1. The van der Waals surface area contributed by atoms with Crippen LogP contribution in [0.3, 0.4) is 0 Å². The van der Waals surface area contributed by atoms with Gasteiger partial charge in [-0.1, -0.05) is 19.1 Å². The molecular formula is C21H17B3F7N3O3. The molecule has 1 heterocycles. The number of urea groups is 1. The average molecular weight is 525 g/mol. The number of benzene rings is 2. The number of amides is 3. The summed E-state index contributed by atoms with van der Waals surface area (Å²) in [5, 5.41) is -0.385. The predicted molar refractivity (Wildman–Crippen MR) is 123 cm³/mol. The minimum Gasteiger partial charge on any atom is -0.407 e. The number of carbonyl (C=O) groups is 2. The van der Waals surface area contributed by atoms with Crippen molar-refractivity contribution in [2.75, 3.05) is 22.9 Å². The molecule has 37 heavy (non-hydrogen) atoms. The van der Waals surface area contributed by atoms with Gasteiger partial charge in [0.1, 0.15) is 11.4 Å². The van der Waals surface area contributed by atoms with E-state index in [1.54, 1.807) is 0 Å². The van der Waals surface area contributed by atoms with Crippen molar-refractivity contribution in [2.45, 2.75) is 31.4 Å². The molecule has 0 unspecified atom stereocenters. The summed E-state index contributed by atoms with van der Waals surface area (Å²) in [7, 11) is 16.6. The van der Waals surface area contributed by atoms with E-state index in [0.29, 0.717) is 4.90 Å². The minimum absolute atomic E-state index is 0.108. The summed E-state index contributed by atoms with van der Waals surface area (Å²) in [6.07, 6.45) is -12.5. The normalized spacial score (nSPS) is 14.0. The van der Waals surface area contributed by atoms with Crippen molar-refractivity contribution in [3.8, 4) is 5.75 Å². The summed E-state index contributed by atoms with van der Waals surface area (Å²) in [4.78, 5) is 25.8. The molecule has 6 radical (unpaired) electrons. The molecule has 1 fully saturated rings. The highest BCUT2D eigenvalue weighted by atomic mass is 19.4. The summed E-state index contributed by atoms with van der Waals surface area (Å²) >= 11 is 0. The number of ether oxygens (including phenoxy) is 1. The van der Waals surface area contributed by atoms with Crippen molar-refractivity contribution < 1.29 is 45.1 Å². The Morgan fingerprint density at radius 3 is 2.00 bits per heavy atom. The van der Waals surface area contributed by atoms with E-state index in [1.807, 2.05) is 13.8 Å². The van der Waals surface area contributed by atoms with Gasteiger partial charge in [-0.25, -0.2) is 14.0 Å². The Morgan fingerprint density at radius 1 is 1.00 bits per heavy atom. The molecular weight excluding hydrogens is 508 g/mol. The fraction of sp³-hybridized carbons (Fsp3) is 0.333. The molecule has 1 aliphatic rings. The van der Waals surface area contributed by atoms with E-state index in [4.69, 9.17) is 28.3 Å². The molecule has 0 atom stereocenters. The van der Waals surface area contributed by atoms with Gasteiger partial charge in [0.25, 0.3) is 0 Å². The van der Waals surface area contributed by atoms with E-state index in [2.05, 4.69) is 5.32 Å². The quantitative estimate of drug-likeness (QED) is 0.472. The highest BCUT2D eigenvalue weighted by molar-refractivity contribution is 6.62. The molecule has 1 N–H and O–H groups in total. The number of hydrogen-bond acceptors (Lipinski definition) is 3. The number of hydrogen-bond donors (Lipinski definition) is 1. The van der Waals surface area contributed by atoms with Crippen molar-refractivity contribution in [3.05, 3.63) is 53.3 Å². The zero-order valence-electron chi connectivity index (χ0n) is 19.4. The Labute approximate surface area is 211 Å². The highest BCUT2D eigenvalue weighted by Crippen LogP contribution is 2.46. The zero-order valence-corrected chi connectivity index (χ0v) is 19.4.